The number of nitrogens with one attached hydrogen (secondary N) is 1. The molecule has 0 saturated heterocycles. The molecule has 0 rings (SSSR count). The molecule has 0 aliphatic carbocycles. The minimum Gasteiger partial charge on any atom is -0.395 e. The Hall–Kier alpha value is -0.120. The van der Waals surface area contributed by atoms with Gasteiger partial charge in [0.2, 0.25) is 0 Å². The molecule has 0 heterocycles. The number of nitrogens with two attached hydrogens (primary N) is 1. The molecule has 4 N–H and O–H groups in total. The van der Waals surface area contributed by atoms with Crippen LogP contribution >= 0.6 is 0 Å². The van der Waals surface area contributed by atoms with Gasteiger partial charge in [-0.15, -0.1) is 0 Å². The minimum absolute atomic E-state index is 0.174. The van der Waals surface area contributed by atoms with Gasteiger partial charge in [-0.05, 0) is 6.42 Å². The van der Waals surface area contributed by atoms with Crippen LogP contribution in [0.2, 0.25) is 0 Å². The van der Waals surface area contributed by atoms with Crippen molar-refractivity contribution in [3.8, 4) is 0 Å². The average molecular weight is 118 g/mol. The van der Waals surface area contributed by atoms with E-state index in [1.54, 1.807) is 0 Å². The summed E-state index contributed by atoms with van der Waals surface area (Å²) in [4.78, 5) is 0. The van der Waals surface area contributed by atoms with Crippen LogP contribution in [0.1, 0.15) is 13.3 Å². The highest BCUT2D eigenvalue weighted by Crippen LogP contribution is 1.84. The molecule has 0 aromatic carbocycles. The van der Waals surface area contributed by atoms with Crippen LogP contribution in [-0.4, -0.2) is 24.4 Å². The van der Waals surface area contributed by atoms with E-state index < -0.39 is 0 Å². The van der Waals surface area contributed by atoms with Gasteiger partial charge in [0, 0.05) is 12.7 Å². The molecular weight excluding hydrogens is 104 g/mol. The molecule has 1 unspecified atom stereocenters. The largest absolute Gasteiger partial charge is 0.395 e. The SMILES string of the molecule is CCC(CO)NCN. The summed E-state index contributed by atoms with van der Waals surface area (Å²) in [6, 6.07) is 0.181. The maximum absolute atomic E-state index is 8.54. The zero-order chi connectivity index (χ0) is 6.41. The fourth-order valence-corrected chi connectivity index (χ4v) is 0.505. The standard InChI is InChI=1S/C5H14N2O/c1-2-5(3-8)7-4-6/h5,7-8H,2-4,6H2,1H3. The Morgan fingerprint density at radius 3 is 2.50 bits per heavy atom. The van der Waals surface area contributed by atoms with Gasteiger partial charge in [0.05, 0.1) is 6.61 Å². The Morgan fingerprint density at radius 2 is 2.38 bits per heavy atom. The Balaban J connectivity index is 3.07. The van der Waals surface area contributed by atoms with Gasteiger partial charge in [0.25, 0.3) is 0 Å². The lowest BCUT2D eigenvalue weighted by atomic mass is 10.2. The van der Waals surface area contributed by atoms with Crippen molar-refractivity contribution in [1.29, 1.82) is 0 Å². The summed E-state index contributed by atoms with van der Waals surface area (Å²) >= 11 is 0. The van der Waals surface area contributed by atoms with E-state index in [-0.39, 0.29) is 12.6 Å². The van der Waals surface area contributed by atoms with Crippen molar-refractivity contribution in [2.75, 3.05) is 13.3 Å². The summed E-state index contributed by atoms with van der Waals surface area (Å²) in [5.41, 5.74) is 5.16. The molecule has 0 bridgehead atoms. The maximum atomic E-state index is 8.54. The van der Waals surface area contributed by atoms with Crippen molar-refractivity contribution in [2.45, 2.75) is 19.4 Å². The van der Waals surface area contributed by atoms with E-state index in [0.29, 0.717) is 6.67 Å². The van der Waals surface area contributed by atoms with Crippen molar-refractivity contribution in [2.24, 2.45) is 5.73 Å². The number of hydrogen-bond donors (Lipinski definition) is 3. The van der Waals surface area contributed by atoms with E-state index >= 15 is 0 Å². The molecule has 0 radical (unpaired) electrons. The van der Waals surface area contributed by atoms with E-state index in [4.69, 9.17) is 10.8 Å². The smallest absolute Gasteiger partial charge is 0.0584 e. The van der Waals surface area contributed by atoms with Crippen LogP contribution in [0, 0.1) is 0 Å². The van der Waals surface area contributed by atoms with Crippen LogP contribution in [0.25, 0.3) is 0 Å². The predicted octanol–water partition coefficient (Wildman–Crippen LogP) is -0.737. The number of aliphatic hydroxyl groups excluding tert-OH is 1. The van der Waals surface area contributed by atoms with Crippen LogP contribution in [0.15, 0.2) is 0 Å². The minimum atomic E-state index is 0.174. The van der Waals surface area contributed by atoms with Gasteiger partial charge in [0.1, 0.15) is 0 Å². The molecule has 0 aliphatic heterocycles. The fourth-order valence-electron chi connectivity index (χ4n) is 0.505. The molecule has 8 heavy (non-hydrogen) atoms. The summed E-state index contributed by atoms with van der Waals surface area (Å²) < 4.78 is 0. The Morgan fingerprint density at radius 1 is 1.75 bits per heavy atom. The van der Waals surface area contributed by atoms with Gasteiger partial charge in [-0.1, -0.05) is 6.92 Å². The second-order valence-electron chi connectivity index (χ2n) is 1.70. The zero-order valence-electron chi connectivity index (χ0n) is 5.22. The zero-order valence-corrected chi connectivity index (χ0v) is 5.22. The average Bonchev–Trinajstić information content (AvgIpc) is 1.83. The predicted molar refractivity (Wildman–Crippen MR) is 33.4 cm³/mol. The Kier molecular flexibility index (Phi) is 4.95. The first kappa shape index (κ1) is 7.88. The highest BCUT2D eigenvalue weighted by molar-refractivity contribution is 4.59. The molecule has 0 aromatic heterocycles. The van der Waals surface area contributed by atoms with Crippen LogP contribution in [-0.2, 0) is 0 Å². The van der Waals surface area contributed by atoms with Crippen LogP contribution in [0.5, 0.6) is 0 Å². The molecule has 0 aliphatic rings. The molecule has 3 nitrogen and oxygen atoms in total. The number of hydrogen-bond acceptors (Lipinski definition) is 3. The molecule has 0 fully saturated rings. The second-order valence-corrected chi connectivity index (χ2v) is 1.70. The van der Waals surface area contributed by atoms with Crippen molar-refractivity contribution in [3.63, 3.8) is 0 Å². The van der Waals surface area contributed by atoms with Gasteiger partial charge in [-0.3, -0.25) is 5.32 Å². The van der Waals surface area contributed by atoms with Crippen LogP contribution < -0.4 is 11.1 Å². The van der Waals surface area contributed by atoms with E-state index in [1.807, 2.05) is 6.92 Å². The van der Waals surface area contributed by atoms with E-state index in [0.717, 1.165) is 6.42 Å². The van der Waals surface area contributed by atoms with Crippen LogP contribution in [0.3, 0.4) is 0 Å². The van der Waals surface area contributed by atoms with Crippen LogP contribution in [0.4, 0.5) is 0 Å². The third-order valence-electron chi connectivity index (χ3n) is 1.12. The molecule has 0 saturated carbocycles. The van der Waals surface area contributed by atoms with Gasteiger partial charge in [-0.2, -0.15) is 0 Å². The summed E-state index contributed by atoms with van der Waals surface area (Å²) in [7, 11) is 0. The number of rotatable bonds is 4. The van der Waals surface area contributed by atoms with Crippen molar-refractivity contribution < 1.29 is 5.11 Å². The lowest BCUT2D eigenvalue weighted by Crippen LogP contribution is -2.35. The van der Waals surface area contributed by atoms with Gasteiger partial charge in [-0.25, -0.2) is 0 Å². The monoisotopic (exact) mass is 118 g/mol. The van der Waals surface area contributed by atoms with Gasteiger partial charge in [0.15, 0.2) is 0 Å². The molecule has 0 aromatic rings. The molecule has 0 spiro atoms. The summed E-state index contributed by atoms with van der Waals surface area (Å²) in [5.74, 6) is 0. The molecule has 50 valence electrons. The second kappa shape index (κ2) is 5.03. The Labute approximate surface area is 49.9 Å². The molecular formula is C5H14N2O. The molecule has 0 amide bonds. The van der Waals surface area contributed by atoms with Crippen molar-refractivity contribution in [3.05, 3.63) is 0 Å². The van der Waals surface area contributed by atoms with E-state index in [9.17, 15) is 0 Å². The normalized spacial score (nSPS) is 13.9. The lowest BCUT2D eigenvalue weighted by molar-refractivity contribution is 0.240. The molecule has 1 atom stereocenters. The highest BCUT2D eigenvalue weighted by Gasteiger charge is 1.98. The summed E-state index contributed by atoms with van der Waals surface area (Å²) in [6.45, 7) is 2.62. The third kappa shape index (κ3) is 2.96. The summed E-state index contributed by atoms with van der Waals surface area (Å²) in [6.07, 6.45) is 0.924. The third-order valence-corrected chi connectivity index (χ3v) is 1.12. The lowest BCUT2D eigenvalue weighted by Gasteiger charge is -2.10. The fraction of sp³-hybridized carbons (Fsp3) is 1.00. The van der Waals surface area contributed by atoms with Crippen molar-refractivity contribution in [1.82, 2.24) is 5.32 Å². The highest BCUT2D eigenvalue weighted by atomic mass is 16.3. The molecule has 3 heteroatoms. The first-order valence-corrected chi connectivity index (χ1v) is 2.89. The van der Waals surface area contributed by atoms with Crippen molar-refractivity contribution >= 4 is 0 Å². The number of aliphatic hydroxyl groups is 1. The van der Waals surface area contributed by atoms with E-state index in [2.05, 4.69) is 5.32 Å². The van der Waals surface area contributed by atoms with Gasteiger partial charge >= 0.3 is 0 Å². The van der Waals surface area contributed by atoms with Gasteiger partial charge < -0.3 is 10.8 Å². The topological polar surface area (TPSA) is 58.3 Å². The summed E-state index contributed by atoms with van der Waals surface area (Å²) in [5, 5.41) is 11.4. The van der Waals surface area contributed by atoms with E-state index in [1.165, 1.54) is 0 Å². The quantitative estimate of drug-likeness (QED) is 0.426. The first-order valence-electron chi connectivity index (χ1n) is 2.89. The Bertz CT molecular complexity index is 45.7. The maximum Gasteiger partial charge on any atom is 0.0584 e. The first-order chi connectivity index (χ1) is 3.85.